The standard InChI is InChI=1S/C13H14N4O2/c1-16-10(8-11(18)17(2)13(16)19)15-12(14)9-6-4-3-5-7-9/h3-8H,1-2H3,(H2,14,15). The Hall–Kier alpha value is -2.63. The lowest BCUT2D eigenvalue weighted by molar-refractivity contribution is 0.689. The smallest absolute Gasteiger partial charge is 0.332 e. The summed E-state index contributed by atoms with van der Waals surface area (Å²) < 4.78 is 2.29. The van der Waals surface area contributed by atoms with E-state index in [-0.39, 0.29) is 11.7 Å². The number of nitrogens with two attached hydrogens (primary N) is 1. The fourth-order valence-electron chi connectivity index (χ4n) is 1.63. The van der Waals surface area contributed by atoms with Gasteiger partial charge < -0.3 is 5.73 Å². The third-order valence-corrected chi connectivity index (χ3v) is 2.81. The Bertz CT molecular complexity index is 741. The normalized spacial score (nSPS) is 11.6. The summed E-state index contributed by atoms with van der Waals surface area (Å²) in [6.45, 7) is 0. The van der Waals surface area contributed by atoms with Gasteiger partial charge in [-0.25, -0.2) is 9.79 Å². The molecule has 2 N–H and O–H groups in total. The molecule has 0 atom stereocenters. The van der Waals surface area contributed by atoms with E-state index in [0.717, 1.165) is 10.1 Å². The molecule has 0 aliphatic carbocycles. The molecule has 0 amide bonds. The summed E-state index contributed by atoms with van der Waals surface area (Å²) in [5, 5.41) is 0. The van der Waals surface area contributed by atoms with E-state index in [1.54, 1.807) is 19.2 Å². The van der Waals surface area contributed by atoms with Crippen LogP contribution < -0.4 is 17.0 Å². The van der Waals surface area contributed by atoms with Gasteiger partial charge in [0.2, 0.25) is 0 Å². The number of aromatic nitrogens is 2. The summed E-state index contributed by atoms with van der Waals surface area (Å²) in [5.74, 6) is 0.485. The van der Waals surface area contributed by atoms with Crippen LogP contribution >= 0.6 is 0 Å². The Morgan fingerprint density at radius 2 is 1.74 bits per heavy atom. The minimum Gasteiger partial charge on any atom is -0.383 e. The van der Waals surface area contributed by atoms with Crippen LogP contribution in [0, 0.1) is 0 Å². The van der Waals surface area contributed by atoms with Gasteiger partial charge in [-0.15, -0.1) is 0 Å². The molecular formula is C13H14N4O2. The van der Waals surface area contributed by atoms with Crippen molar-refractivity contribution >= 4 is 11.7 Å². The Balaban J connectivity index is 2.56. The number of nitrogens with zero attached hydrogens (tertiary/aromatic N) is 3. The molecule has 0 aliphatic heterocycles. The lowest BCUT2D eigenvalue weighted by Gasteiger charge is -2.06. The molecular weight excluding hydrogens is 244 g/mol. The van der Waals surface area contributed by atoms with Crippen LogP contribution in [0.25, 0.3) is 0 Å². The average Bonchev–Trinajstić information content (AvgIpc) is 2.43. The average molecular weight is 258 g/mol. The van der Waals surface area contributed by atoms with Gasteiger partial charge in [-0.3, -0.25) is 13.9 Å². The number of hydrogen-bond acceptors (Lipinski definition) is 3. The number of hydrogen-bond donors (Lipinski definition) is 1. The molecule has 98 valence electrons. The van der Waals surface area contributed by atoms with Gasteiger partial charge in [-0.1, -0.05) is 30.3 Å². The Morgan fingerprint density at radius 1 is 1.11 bits per heavy atom. The molecule has 0 saturated heterocycles. The monoisotopic (exact) mass is 258 g/mol. The summed E-state index contributed by atoms with van der Waals surface area (Å²) >= 11 is 0. The third-order valence-electron chi connectivity index (χ3n) is 2.81. The zero-order valence-electron chi connectivity index (χ0n) is 10.7. The van der Waals surface area contributed by atoms with Crippen LogP contribution in [0.1, 0.15) is 5.56 Å². The lowest BCUT2D eigenvalue weighted by atomic mass is 10.2. The van der Waals surface area contributed by atoms with Crippen LogP contribution in [0.3, 0.4) is 0 Å². The van der Waals surface area contributed by atoms with E-state index < -0.39 is 11.2 Å². The van der Waals surface area contributed by atoms with Crippen molar-refractivity contribution in [3.63, 3.8) is 0 Å². The van der Waals surface area contributed by atoms with E-state index in [1.807, 2.05) is 18.2 Å². The molecule has 0 radical (unpaired) electrons. The quantitative estimate of drug-likeness (QED) is 0.613. The van der Waals surface area contributed by atoms with Crippen LogP contribution in [0.5, 0.6) is 0 Å². The van der Waals surface area contributed by atoms with Gasteiger partial charge in [0.05, 0.1) is 0 Å². The first kappa shape index (κ1) is 12.8. The van der Waals surface area contributed by atoms with Crippen molar-refractivity contribution in [3.05, 3.63) is 62.8 Å². The van der Waals surface area contributed by atoms with E-state index in [9.17, 15) is 9.59 Å². The van der Waals surface area contributed by atoms with Crippen LogP contribution in [-0.2, 0) is 14.1 Å². The van der Waals surface area contributed by atoms with Gasteiger partial charge in [0, 0.05) is 25.7 Å². The second-order valence-electron chi connectivity index (χ2n) is 4.10. The maximum Gasteiger partial charge on any atom is 0.332 e. The van der Waals surface area contributed by atoms with E-state index in [1.165, 1.54) is 17.7 Å². The van der Waals surface area contributed by atoms with Gasteiger partial charge >= 0.3 is 5.69 Å². The second-order valence-corrected chi connectivity index (χ2v) is 4.10. The number of benzene rings is 1. The molecule has 0 fully saturated rings. The number of aliphatic imine (C=N–C) groups is 1. The number of rotatable bonds is 2. The highest BCUT2D eigenvalue weighted by atomic mass is 16.2. The van der Waals surface area contributed by atoms with Crippen molar-refractivity contribution in [2.24, 2.45) is 24.8 Å². The first-order chi connectivity index (χ1) is 9.00. The van der Waals surface area contributed by atoms with Crippen LogP contribution in [-0.4, -0.2) is 15.0 Å². The van der Waals surface area contributed by atoms with Crippen LogP contribution in [0.4, 0.5) is 5.82 Å². The predicted octanol–water partition coefficient (Wildman–Crippen LogP) is 0.121. The zero-order chi connectivity index (χ0) is 14.0. The molecule has 1 aromatic heterocycles. The van der Waals surface area contributed by atoms with Crippen molar-refractivity contribution in [1.29, 1.82) is 0 Å². The molecule has 2 rings (SSSR count). The molecule has 1 aromatic carbocycles. The highest BCUT2D eigenvalue weighted by Crippen LogP contribution is 2.07. The van der Waals surface area contributed by atoms with Gasteiger partial charge in [0.15, 0.2) is 0 Å². The van der Waals surface area contributed by atoms with E-state index in [2.05, 4.69) is 4.99 Å². The summed E-state index contributed by atoms with van der Waals surface area (Å²) in [5.41, 5.74) is 5.74. The van der Waals surface area contributed by atoms with Gasteiger partial charge in [-0.05, 0) is 0 Å². The maximum absolute atomic E-state index is 11.7. The number of amidine groups is 1. The largest absolute Gasteiger partial charge is 0.383 e. The summed E-state index contributed by atoms with van der Waals surface area (Å²) in [4.78, 5) is 27.5. The highest BCUT2D eigenvalue weighted by Gasteiger charge is 2.06. The molecule has 0 saturated carbocycles. The molecule has 19 heavy (non-hydrogen) atoms. The first-order valence-corrected chi connectivity index (χ1v) is 5.67. The molecule has 1 heterocycles. The topological polar surface area (TPSA) is 82.4 Å². The van der Waals surface area contributed by atoms with Gasteiger partial charge in [0.25, 0.3) is 5.56 Å². The molecule has 2 aromatic rings. The van der Waals surface area contributed by atoms with Crippen LogP contribution in [0.15, 0.2) is 51.0 Å². The molecule has 6 heteroatoms. The minimum atomic E-state index is -0.438. The van der Waals surface area contributed by atoms with Gasteiger partial charge in [0.1, 0.15) is 11.7 Å². The van der Waals surface area contributed by atoms with Crippen molar-refractivity contribution in [2.45, 2.75) is 0 Å². The lowest BCUT2D eigenvalue weighted by Crippen LogP contribution is -2.36. The molecule has 6 nitrogen and oxygen atoms in total. The first-order valence-electron chi connectivity index (χ1n) is 5.67. The van der Waals surface area contributed by atoms with E-state index in [4.69, 9.17) is 5.73 Å². The minimum absolute atomic E-state index is 0.231. The van der Waals surface area contributed by atoms with Gasteiger partial charge in [-0.2, -0.15) is 0 Å². The summed E-state index contributed by atoms with van der Waals surface area (Å²) in [6.07, 6.45) is 0. The molecule has 0 unspecified atom stereocenters. The molecule has 0 bridgehead atoms. The Kier molecular flexibility index (Phi) is 3.33. The van der Waals surface area contributed by atoms with Crippen molar-refractivity contribution in [1.82, 2.24) is 9.13 Å². The fourth-order valence-corrected chi connectivity index (χ4v) is 1.63. The summed E-state index contributed by atoms with van der Waals surface area (Å²) in [7, 11) is 2.96. The van der Waals surface area contributed by atoms with Crippen molar-refractivity contribution < 1.29 is 0 Å². The van der Waals surface area contributed by atoms with Crippen molar-refractivity contribution in [3.8, 4) is 0 Å². The summed E-state index contributed by atoms with van der Waals surface area (Å²) in [6, 6.07) is 10.4. The zero-order valence-corrected chi connectivity index (χ0v) is 10.7. The SMILES string of the molecule is Cn1c(/N=C(\N)c2ccccc2)cc(=O)n(C)c1=O. The molecule has 0 spiro atoms. The van der Waals surface area contributed by atoms with E-state index >= 15 is 0 Å². The maximum atomic E-state index is 11.7. The van der Waals surface area contributed by atoms with Crippen LogP contribution in [0.2, 0.25) is 0 Å². The second kappa shape index (κ2) is 4.93. The third kappa shape index (κ3) is 2.47. The Labute approximate surface area is 109 Å². The predicted molar refractivity (Wildman–Crippen MR) is 73.8 cm³/mol. The Morgan fingerprint density at radius 3 is 2.37 bits per heavy atom. The van der Waals surface area contributed by atoms with Crippen molar-refractivity contribution in [2.75, 3.05) is 0 Å². The highest BCUT2D eigenvalue weighted by molar-refractivity contribution is 5.98. The van der Waals surface area contributed by atoms with E-state index in [0.29, 0.717) is 0 Å². The molecule has 0 aliphatic rings. The fraction of sp³-hybridized carbons (Fsp3) is 0.154.